The molecule has 0 radical (unpaired) electrons. The van der Waals surface area contributed by atoms with Crippen LogP contribution in [0.4, 0.5) is 5.00 Å². The Balaban J connectivity index is 1.65. The van der Waals surface area contributed by atoms with Crippen molar-refractivity contribution < 1.29 is 14.5 Å². The lowest BCUT2D eigenvalue weighted by Crippen LogP contribution is -2.40. The molecule has 0 aliphatic carbocycles. The van der Waals surface area contributed by atoms with Crippen LogP contribution in [0.25, 0.3) is 10.8 Å². The number of thiophene rings is 1. The van der Waals surface area contributed by atoms with E-state index in [1.807, 2.05) is 0 Å². The van der Waals surface area contributed by atoms with Gasteiger partial charge in [0.1, 0.15) is 5.69 Å². The molecule has 3 N–H and O–H groups in total. The standard InChI is InChI=1S/C22H16N6O5S/c29-20(13-6-2-1-3-7-13)24-19(18-15-8-4-5-9-16(15)21(30)27-25-18)22(31)26-23-12-14-10-11-17(34-14)28(32)33/h1-12,19H,(H,24,29)(H,26,31)(H,27,30)/b23-12-/t19-/m0/s1. The monoisotopic (exact) mass is 476 g/mol. The van der Waals surface area contributed by atoms with E-state index in [1.54, 1.807) is 54.6 Å². The van der Waals surface area contributed by atoms with Crippen LogP contribution in [-0.4, -0.2) is 33.1 Å². The van der Waals surface area contributed by atoms with Crippen molar-refractivity contribution >= 4 is 45.1 Å². The van der Waals surface area contributed by atoms with Gasteiger partial charge in [-0.3, -0.25) is 24.5 Å². The summed E-state index contributed by atoms with van der Waals surface area (Å²) in [5, 5.41) is 24.3. The molecule has 4 rings (SSSR count). The average molecular weight is 476 g/mol. The molecular formula is C22H16N6O5S. The fourth-order valence-corrected chi connectivity index (χ4v) is 3.85. The zero-order chi connectivity index (χ0) is 24.1. The Hall–Kier alpha value is -4.71. The summed E-state index contributed by atoms with van der Waals surface area (Å²) in [4.78, 5) is 48.8. The van der Waals surface area contributed by atoms with Gasteiger partial charge in [0.25, 0.3) is 17.4 Å². The number of carbonyl (C=O) groups is 2. The van der Waals surface area contributed by atoms with Gasteiger partial charge >= 0.3 is 5.00 Å². The van der Waals surface area contributed by atoms with Crippen LogP contribution in [0, 0.1) is 10.1 Å². The minimum atomic E-state index is -1.30. The molecule has 1 atom stereocenters. The van der Waals surface area contributed by atoms with Gasteiger partial charge in [-0.2, -0.15) is 10.2 Å². The van der Waals surface area contributed by atoms with Crippen molar-refractivity contribution in [3.63, 3.8) is 0 Å². The summed E-state index contributed by atoms with van der Waals surface area (Å²) in [6, 6.07) is 16.4. The lowest BCUT2D eigenvalue weighted by molar-refractivity contribution is -0.380. The van der Waals surface area contributed by atoms with Crippen molar-refractivity contribution in [2.24, 2.45) is 5.10 Å². The zero-order valence-electron chi connectivity index (χ0n) is 17.3. The van der Waals surface area contributed by atoms with E-state index in [-0.39, 0.29) is 10.7 Å². The molecule has 0 bridgehead atoms. The van der Waals surface area contributed by atoms with Crippen molar-refractivity contribution in [3.05, 3.63) is 103 Å². The molecule has 0 saturated heterocycles. The Bertz CT molecular complexity index is 1460. The van der Waals surface area contributed by atoms with Gasteiger partial charge in [-0.25, -0.2) is 10.5 Å². The van der Waals surface area contributed by atoms with Crippen LogP contribution in [0.2, 0.25) is 0 Å². The van der Waals surface area contributed by atoms with Crippen molar-refractivity contribution in [2.75, 3.05) is 0 Å². The molecule has 2 aromatic carbocycles. The summed E-state index contributed by atoms with van der Waals surface area (Å²) in [5.74, 6) is -1.26. The number of hydrazone groups is 1. The first-order chi connectivity index (χ1) is 16.4. The van der Waals surface area contributed by atoms with Crippen LogP contribution in [-0.2, 0) is 4.79 Å². The summed E-state index contributed by atoms with van der Waals surface area (Å²) in [6.45, 7) is 0. The summed E-state index contributed by atoms with van der Waals surface area (Å²) in [5.41, 5.74) is 2.33. The predicted molar refractivity (Wildman–Crippen MR) is 126 cm³/mol. The first kappa shape index (κ1) is 22.5. The number of aromatic nitrogens is 2. The van der Waals surface area contributed by atoms with Gasteiger partial charge in [0.15, 0.2) is 6.04 Å². The highest BCUT2D eigenvalue weighted by Crippen LogP contribution is 2.23. The van der Waals surface area contributed by atoms with Gasteiger partial charge in [0, 0.05) is 17.0 Å². The molecule has 0 aliphatic rings. The molecule has 4 aromatic rings. The Labute approximate surface area is 195 Å². The van der Waals surface area contributed by atoms with Gasteiger partial charge in [-0.15, -0.1) is 0 Å². The van der Waals surface area contributed by atoms with Gasteiger partial charge in [-0.05, 0) is 24.3 Å². The maximum atomic E-state index is 13.1. The molecule has 0 spiro atoms. The number of nitrogens with one attached hydrogen (secondary N) is 3. The topological polar surface area (TPSA) is 159 Å². The molecule has 0 saturated carbocycles. The second-order valence-electron chi connectivity index (χ2n) is 6.92. The third-order valence-electron chi connectivity index (χ3n) is 4.73. The Morgan fingerprint density at radius 1 is 1.06 bits per heavy atom. The normalized spacial score (nSPS) is 11.9. The zero-order valence-corrected chi connectivity index (χ0v) is 18.1. The second-order valence-corrected chi connectivity index (χ2v) is 8.02. The van der Waals surface area contributed by atoms with E-state index in [2.05, 4.69) is 26.0 Å². The number of H-pyrrole nitrogens is 1. The Morgan fingerprint density at radius 2 is 1.76 bits per heavy atom. The highest BCUT2D eigenvalue weighted by molar-refractivity contribution is 7.16. The molecule has 11 nitrogen and oxygen atoms in total. The van der Waals surface area contributed by atoms with E-state index in [9.17, 15) is 24.5 Å². The number of amides is 2. The summed E-state index contributed by atoms with van der Waals surface area (Å²) >= 11 is 0.887. The van der Waals surface area contributed by atoms with E-state index < -0.39 is 28.3 Å². The molecule has 0 unspecified atom stereocenters. The smallest absolute Gasteiger partial charge is 0.324 e. The van der Waals surface area contributed by atoms with E-state index in [4.69, 9.17) is 0 Å². The van der Waals surface area contributed by atoms with Crippen LogP contribution in [0.3, 0.4) is 0 Å². The number of aromatic amines is 1. The second kappa shape index (κ2) is 9.83. The molecule has 2 heterocycles. The summed E-state index contributed by atoms with van der Waals surface area (Å²) in [6.07, 6.45) is 1.25. The molecule has 12 heteroatoms. The number of fused-ring (bicyclic) bond motifs is 1. The maximum Gasteiger partial charge on any atom is 0.324 e. The van der Waals surface area contributed by atoms with Crippen LogP contribution >= 0.6 is 11.3 Å². The first-order valence-electron chi connectivity index (χ1n) is 9.84. The molecule has 2 amide bonds. The van der Waals surface area contributed by atoms with Crippen molar-refractivity contribution in [2.45, 2.75) is 6.04 Å². The third-order valence-corrected chi connectivity index (χ3v) is 5.70. The van der Waals surface area contributed by atoms with E-state index in [0.29, 0.717) is 21.2 Å². The van der Waals surface area contributed by atoms with E-state index in [1.165, 1.54) is 18.3 Å². The van der Waals surface area contributed by atoms with Crippen molar-refractivity contribution in [3.8, 4) is 0 Å². The highest BCUT2D eigenvalue weighted by Gasteiger charge is 2.27. The number of hydrogen-bond acceptors (Lipinski definition) is 8. The minimum absolute atomic E-state index is 0.0651. The lowest BCUT2D eigenvalue weighted by atomic mass is 10.0. The average Bonchev–Trinajstić information content (AvgIpc) is 3.33. The number of rotatable bonds is 7. The lowest BCUT2D eigenvalue weighted by Gasteiger charge is -2.18. The predicted octanol–water partition coefficient (Wildman–Crippen LogP) is 2.51. The fourth-order valence-electron chi connectivity index (χ4n) is 3.15. The summed E-state index contributed by atoms with van der Waals surface area (Å²) in [7, 11) is 0. The van der Waals surface area contributed by atoms with Crippen LogP contribution < -0.4 is 16.3 Å². The van der Waals surface area contributed by atoms with Gasteiger partial charge in [0.2, 0.25) is 0 Å². The number of carbonyl (C=O) groups excluding carboxylic acids is 2. The number of nitro groups is 1. The van der Waals surface area contributed by atoms with Gasteiger partial charge < -0.3 is 5.32 Å². The fraction of sp³-hybridized carbons (Fsp3) is 0.0455. The van der Waals surface area contributed by atoms with E-state index in [0.717, 1.165) is 11.3 Å². The van der Waals surface area contributed by atoms with Crippen molar-refractivity contribution in [1.29, 1.82) is 0 Å². The Morgan fingerprint density at radius 3 is 2.47 bits per heavy atom. The molecule has 170 valence electrons. The van der Waals surface area contributed by atoms with Crippen LogP contribution in [0.15, 0.2) is 76.6 Å². The summed E-state index contributed by atoms with van der Waals surface area (Å²) < 4.78 is 0. The Kier molecular flexibility index (Phi) is 6.50. The van der Waals surface area contributed by atoms with Crippen LogP contribution in [0.5, 0.6) is 0 Å². The quantitative estimate of drug-likeness (QED) is 0.211. The van der Waals surface area contributed by atoms with E-state index >= 15 is 0 Å². The minimum Gasteiger partial charge on any atom is -0.335 e. The molecular weight excluding hydrogens is 460 g/mol. The molecule has 0 fully saturated rings. The molecule has 2 aromatic heterocycles. The molecule has 34 heavy (non-hydrogen) atoms. The first-order valence-corrected chi connectivity index (χ1v) is 10.7. The third kappa shape index (κ3) is 4.86. The van der Waals surface area contributed by atoms with Crippen LogP contribution in [0.1, 0.15) is 27.0 Å². The van der Waals surface area contributed by atoms with Gasteiger partial charge in [0.05, 0.1) is 21.4 Å². The van der Waals surface area contributed by atoms with Crippen molar-refractivity contribution in [1.82, 2.24) is 20.9 Å². The highest BCUT2D eigenvalue weighted by atomic mass is 32.1. The largest absolute Gasteiger partial charge is 0.335 e. The number of benzene rings is 2. The van der Waals surface area contributed by atoms with Gasteiger partial charge in [-0.1, -0.05) is 47.7 Å². The molecule has 0 aliphatic heterocycles. The number of nitrogens with zero attached hydrogens (tertiary/aromatic N) is 3. The maximum absolute atomic E-state index is 13.1. The SMILES string of the molecule is O=C(N[C@H](C(=O)N/N=C\c1ccc([N+](=O)[O-])s1)c1n[nH]c(=O)c2ccccc12)c1ccccc1. The number of hydrogen-bond donors (Lipinski definition) is 3.